The molecule has 8 nitrogen and oxygen atoms in total. The van der Waals surface area contributed by atoms with Crippen molar-refractivity contribution in [3.63, 3.8) is 0 Å². The Hall–Kier alpha value is -4.05. The van der Waals surface area contributed by atoms with Gasteiger partial charge in [0, 0.05) is 23.2 Å². The van der Waals surface area contributed by atoms with Gasteiger partial charge in [-0.2, -0.15) is 8.78 Å². The Bertz CT molecular complexity index is 1400. The van der Waals surface area contributed by atoms with Gasteiger partial charge in [-0.05, 0) is 74.6 Å². The van der Waals surface area contributed by atoms with Crippen molar-refractivity contribution in [3.05, 3.63) is 82.4 Å². The molecule has 3 unspecified atom stereocenters. The van der Waals surface area contributed by atoms with E-state index in [4.69, 9.17) is 21.1 Å². The molecule has 1 aliphatic heterocycles. The molecule has 0 radical (unpaired) electrons. The van der Waals surface area contributed by atoms with Crippen LogP contribution in [0.25, 0.3) is 0 Å². The molecule has 2 N–H and O–H groups in total. The molecule has 1 heterocycles. The number of benzene rings is 3. The summed E-state index contributed by atoms with van der Waals surface area (Å²) in [6, 6.07) is 14.6. The number of likely N-dealkylation sites (tertiary alicyclic amines) is 1. The number of halogens is 3. The SMILES string of the molecule is COc1cc(NC(=O)NC(c2ccc(Cl)cc2)c2cccc(OC(F)F)c2)c(C(=O)N2C(C)CCCC2C)cc1OC. The monoisotopic (exact) mass is 601 g/mol. The zero-order valence-corrected chi connectivity index (χ0v) is 24.6. The number of nitrogens with zero attached hydrogens (tertiary/aromatic N) is 1. The number of anilines is 1. The van der Waals surface area contributed by atoms with Gasteiger partial charge in [-0.15, -0.1) is 0 Å². The molecule has 1 saturated heterocycles. The molecule has 42 heavy (non-hydrogen) atoms. The van der Waals surface area contributed by atoms with Gasteiger partial charge < -0.3 is 29.7 Å². The van der Waals surface area contributed by atoms with E-state index >= 15 is 0 Å². The lowest BCUT2D eigenvalue weighted by atomic mass is 9.96. The van der Waals surface area contributed by atoms with Crippen molar-refractivity contribution in [2.45, 2.75) is 57.8 Å². The van der Waals surface area contributed by atoms with Crippen molar-refractivity contribution in [2.75, 3.05) is 19.5 Å². The van der Waals surface area contributed by atoms with Crippen molar-refractivity contribution >= 4 is 29.2 Å². The Morgan fingerprint density at radius 3 is 2.19 bits per heavy atom. The summed E-state index contributed by atoms with van der Waals surface area (Å²) in [5.41, 5.74) is 1.61. The number of nitrogens with one attached hydrogen (secondary N) is 2. The minimum atomic E-state index is -3.00. The second-order valence-electron chi connectivity index (χ2n) is 10.1. The highest BCUT2D eigenvalue weighted by Crippen LogP contribution is 2.36. The number of carbonyl (C=O) groups excluding carboxylic acids is 2. The van der Waals surface area contributed by atoms with E-state index in [1.54, 1.807) is 48.5 Å². The molecule has 0 saturated carbocycles. The zero-order valence-electron chi connectivity index (χ0n) is 23.8. The maximum Gasteiger partial charge on any atom is 0.387 e. The van der Waals surface area contributed by atoms with E-state index in [0.29, 0.717) is 27.6 Å². The predicted molar refractivity (Wildman–Crippen MR) is 157 cm³/mol. The van der Waals surface area contributed by atoms with Crippen molar-refractivity contribution in [1.82, 2.24) is 10.2 Å². The van der Waals surface area contributed by atoms with E-state index in [9.17, 15) is 18.4 Å². The molecule has 0 aliphatic carbocycles. The Balaban J connectivity index is 1.69. The quantitative estimate of drug-likeness (QED) is 0.269. The lowest BCUT2D eigenvalue weighted by Crippen LogP contribution is -2.47. The fraction of sp³-hybridized carbons (Fsp3) is 0.355. The third kappa shape index (κ3) is 7.23. The standard InChI is InChI=1S/C31H34ClF2N3O5/c1-18-7-5-8-19(2)37(18)29(38)24-16-26(40-3)27(41-4)17-25(24)35-31(39)36-28(20-11-13-22(32)14-12-20)21-9-6-10-23(15-21)42-30(33)34/h6,9-19,28,30H,5,7-8H2,1-4H3,(H2,35,36,39). The van der Waals surface area contributed by atoms with E-state index in [-0.39, 0.29) is 35.0 Å². The van der Waals surface area contributed by atoms with Crippen LogP contribution in [0.4, 0.5) is 19.3 Å². The zero-order chi connectivity index (χ0) is 30.4. The lowest BCUT2D eigenvalue weighted by Gasteiger charge is -2.39. The number of hydrogen-bond acceptors (Lipinski definition) is 5. The molecule has 4 rings (SSSR count). The van der Waals surface area contributed by atoms with Crippen LogP contribution in [0.2, 0.25) is 5.02 Å². The average molecular weight is 602 g/mol. The largest absolute Gasteiger partial charge is 0.493 e. The van der Waals surface area contributed by atoms with Gasteiger partial charge in [0.15, 0.2) is 11.5 Å². The first kappa shape index (κ1) is 30.9. The predicted octanol–water partition coefficient (Wildman–Crippen LogP) is 7.27. The number of alkyl halides is 2. The van der Waals surface area contributed by atoms with Crippen molar-refractivity contribution in [3.8, 4) is 17.2 Å². The molecule has 0 spiro atoms. The fourth-order valence-electron chi connectivity index (χ4n) is 5.29. The van der Waals surface area contributed by atoms with Crippen LogP contribution in [-0.2, 0) is 0 Å². The van der Waals surface area contributed by atoms with Crippen LogP contribution in [0.15, 0.2) is 60.7 Å². The summed E-state index contributed by atoms with van der Waals surface area (Å²) >= 11 is 6.08. The van der Waals surface area contributed by atoms with E-state index < -0.39 is 18.7 Å². The summed E-state index contributed by atoms with van der Waals surface area (Å²) in [6.45, 7) is 1.02. The number of methoxy groups -OCH3 is 2. The first-order valence-electron chi connectivity index (χ1n) is 13.6. The van der Waals surface area contributed by atoms with Crippen LogP contribution in [-0.4, -0.2) is 49.8 Å². The number of piperidine rings is 1. The van der Waals surface area contributed by atoms with Crippen LogP contribution in [0.3, 0.4) is 0 Å². The third-order valence-corrected chi connectivity index (χ3v) is 7.58. The smallest absolute Gasteiger partial charge is 0.387 e. The third-order valence-electron chi connectivity index (χ3n) is 7.33. The summed E-state index contributed by atoms with van der Waals surface area (Å²) in [5.74, 6) is 0.382. The maximum atomic E-state index is 13.9. The lowest BCUT2D eigenvalue weighted by molar-refractivity contribution is -0.0499. The summed E-state index contributed by atoms with van der Waals surface area (Å²) in [5, 5.41) is 6.19. The number of rotatable bonds is 9. The molecule has 224 valence electrons. The number of urea groups is 1. The first-order chi connectivity index (χ1) is 20.1. The van der Waals surface area contributed by atoms with Crippen LogP contribution < -0.4 is 24.8 Å². The van der Waals surface area contributed by atoms with E-state index in [0.717, 1.165) is 19.3 Å². The normalized spacial score (nSPS) is 17.4. The molecule has 0 aromatic heterocycles. The van der Waals surface area contributed by atoms with Gasteiger partial charge in [-0.25, -0.2) is 4.79 Å². The van der Waals surface area contributed by atoms with Gasteiger partial charge >= 0.3 is 12.6 Å². The molecular weight excluding hydrogens is 568 g/mol. The molecule has 3 aromatic carbocycles. The highest BCUT2D eigenvalue weighted by atomic mass is 35.5. The molecule has 1 fully saturated rings. The molecule has 0 bridgehead atoms. The van der Waals surface area contributed by atoms with E-state index in [1.807, 2.05) is 18.7 Å². The number of carbonyl (C=O) groups is 2. The second kappa shape index (κ2) is 13.7. The Morgan fingerprint density at radius 1 is 0.929 bits per heavy atom. The number of amides is 3. The van der Waals surface area contributed by atoms with E-state index in [1.165, 1.54) is 26.4 Å². The summed E-state index contributed by atoms with van der Waals surface area (Å²) in [4.78, 5) is 29.3. The van der Waals surface area contributed by atoms with Gasteiger partial charge in [0.2, 0.25) is 0 Å². The molecule has 11 heteroatoms. The Morgan fingerprint density at radius 2 is 1.57 bits per heavy atom. The molecule has 3 atom stereocenters. The molecule has 3 aromatic rings. The van der Waals surface area contributed by atoms with Gasteiger partial charge in [0.1, 0.15) is 5.75 Å². The van der Waals surface area contributed by atoms with Crippen LogP contribution in [0, 0.1) is 0 Å². The van der Waals surface area contributed by atoms with Crippen LogP contribution in [0.1, 0.15) is 60.6 Å². The van der Waals surface area contributed by atoms with Gasteiger partial charge in [-0.1, -0.05) is 35.9 Å². The average Bonchev–Trinajstić information content (AvgIpc) is 2.95. The fourth-order valence-corrected chi connectivity index (χ4v) is 5.42. The summed E-state index contributed by atoms with van der Waals surface area (Å²) in [6.07, 6.45) is 2.79. The van der Waals surface area contributed by atoms with Crippen LogP contribution >= 0.6 is 11.6 Å². The van der Waals surface area contributed by atoms with Crippen molar-refractivity contribution in [2.24, 2.45) is 0 Å². The summed E-state index contributed by atoms with van der Waals surface area (Å²) in [7, 11) is 2.93. The van der Waals surface area contributed by atoms with Crippen LogP contribution in [0.5, 0.6) is 17.2 Å². The van der Waals surface area contributed by atoms with Crippen molar-refractivity contribution in [1.29, 1.82) is 0 Å². The van der Waals surface area contributed by atoms with Crippen molar-refractivity contribution < 1.29 is 32.6 Å². The second-order valence-corrected chi connectivity index (χ2v) is 10.6. The minimum absolute atomic E-state index is 0.0213. The van der Waals surface area contributed by atoms with Gasteiger partial charge in [-0.3, -0.25) is 4.79 Å². The minimum Gasteiger partial charge on any atom is -0.493 e. The van der Waals surface area contributed by atoms with Gasteiger partial charge in [0.05, 0.1) is 31.5 Å². The topological polar surface area (TPSA) is 89.1 Å². The Kier molecular flexibility index (Phi) is 10.1. The van der Waals surface area contributed by atoms with Gasteiger partial charge in [0.25, 0.3) is 5.91 Å². The number of ether oxygens (including phenoxy) is 3. The summed E-state index contributed by atoms with van der Waals surface area (Å²) < 4.78 is 41.3. The highest BCUT2D eigenvalue weighted by Gasteiger charge is 2.32. The molecule has 1 aliphatic rings. The first-order valence-corrected chi connectivity index (χ1v) is 14.0. The maximum absolute atomic E-state index is 13.9. The molecular formula is C31H34ClF2N3O5. The van der Waals surface area contributed by atoms with E-state index in [2.05, 4.69) is 15.4 Å². The number of hydrogen-bond donors (Lipinski definition) is 2. The molecule has 3 amide bonds. The highest BCUT2D eigenvalue weighted by molar-refractivity contribution is 6.30. The Labute approximate surface area is 248 Å².